The van der Waals surface area contributed by atoms with Gasteiger partial charge in [0.15, 0.2) is 0 Å². The molecule has 0 rings (SSSR count). The van der Waals surface area contributed by atoms with E-state index in [0.717, 1.165) is 11.0 Å². The highest BCUT2D eigenvalue weighted by Gasteiger charge is 2.10. The standard InChI is InChI=1S/C17H36N/c1-5-7-8-9-10-11-12-13-14-15-17-18(3,4)16-6-2/h6H,2,5,7-17H2,1,3-4H3/q+1. The minimum absolute atomic E-state index is 1.09. The SMILES string of the molecule is C=CC[N+](C)(C)CCCCCCCCCCCC. The average molecular weight is 254 g/mol. The van der Waals surface area contributed by atoms with Crippen molar-refractivity contribution in [3.05, 3.63) is 12.7 Å². The molecule has 0 spiro atoms. The number of hydrogen-bond acceptors (Lipinski definition) is 0. The molecule has 0 aromatic carbocycles. The fraction of sp³-hybridized carbons (Fsp3) is 0.882. The van der Waals surface area contributed by atoms with Crippen LogP contribution in [0.25, 0.3) is 0 Å². The van der Waals surface area contributed by atoms with Crippen molar-refractivity contribution in [2.24, 2.45) is 0 Å². The second-order valence-corrected chi connectivity index (χ2v) is 6.31. The normalized spacial score (nSPS) is 11.7. The first-order valence-corrected chi connectivity index (χ1v) is 8.05. The van der Waals surface area contributed by atoms with Crippen LogP contribution in [0.5, 0.6) is 0 Å². The van der Waals surface area contributed by atoms with Gasteiger partial charge < -0.3 is 4.48 Å². The third-order valence-electron chi connectivity index (χ3n) is 3.74. The van der Waals surface area contributed by atoms with E-state index in [4.69, 9.17) is 0 Å². The minimum Gasteiger partial charge on any atom is -0.325 e. The molecule has 0 fully saturated rings. The predicted molar refractivity (Wildman–Crippen MR) is 83.9 cm³/mol. The number of likely N-dealkylation sites (N-methyl/N-ethyl adjacent to an activating group) is 1. The molecule has 0 radical (unpaired) electrons. The maximum atomic E-state index is 3.83. The fourth-order valence-corrected chi connectivity index (χ4v) is 2.47. The lowest BCUT2D eigenvalue weighted by molar-refractivity contribution is -0.884. The summed E-state index contributed by atoms with van der Waals surface area (Å²) in [5.41, 5.74) is 0. The molecule has 18 heavy (non-hydrogen) atoms. The molecule has 108 valence electrons. The van der Waals surface area contributed by atoms with Gasteiger partial charge in [0.25, 0.3) is 0 Å². The van der Waals surface area contributed by atoms with Crippen LogP contribution in [-0.4, -0.2) is 31.7 Å². The third-order valence-corrected chi connectivity index (χ3v) is 3.74. The summed E-state index contributed by atoms with van der Waals surface area (Å²) < 4.78 is 1.10. The van der Waals surface area contributed by atoms with Gasteiger partial charge in [0, 0.05) is 0 Å². The molecule has 1 nitrogen and oxygen atoms in total. The van der Waals surface area contributed by atoms with Gasteiger partial charge in [0.2, 0.25) is 0 Å². The smallest absolute Gasteiger partial charge is 0.0966 e. The van der Waals surface area contributed by atoms with Gasteiger partial charge in [0.1, 0.15) is 0 Å². The highest BCUT2D eigenvalue weighted by molar-refractivity contribution is 4.64. The molecule has 0 aliphatic heterocycles. The first-order chi connectivity index (χ1) is 8.62. The van der Waals surface area contributed by atoms with E-state index in [1.165, 1.54) is 70.8 Å². The van der Waals surface area contributed by atoms with Crippen LogP contribution in [0.2, 0.25) is 0 Å². The molecule has 0 aliphatic rings. The van der Waals surface area contributed by atoms with Crippen LogP contribution in [0.1, 0.15) is 71.1 Å². The van der Waals surface area contributed by atoms with E-state index >= 15 is 0 Å². The lowest BCUT2D eigenvalue weighted by atomic mass is 10.1. The molecular weight excluding hydrogens is 218 g/mol. The number of nitrogens with zero attached hydrogens (tertiary/aromatic N) is 1. The Morgan fingerprint density at radius 3 is 1.67 bits per heavy atom. The lowest BCUT2D eigenvalue weighted by Gasteiger charge is -2.28. The summed E-state index contributed by atoms with van der Waals surface area (Å²) in [4.78, 5) is 0. The zero-order chi connectivity index (χ0) is 13.7. The second kappa shape index (κ2) is 11.8. The Kier molecular flexibility index (Phi) is 11.6. The van der Waals surface area contributed by atoms with Gasteiger partial charge in [-0.25, -0.2) is 0 Å². The zero-order valence-electron chi connectivity index (χ0n) is 13.2. The van der Waals surface area contributed by atoms with Gasteiger partial charge in [0.05, 0.1) is 27.2 Å². The van der Waals surface area contributed by atoms with Crippen molar-refractivity contribution < 1.29 is 4.48 Å². The quantitative estimate of drug-likeness (QED) is 0.242. The molecule has 0 aromatic rings. The van der Waals surface area contributed by atoms with Crippen LogP contribution in [0, 0.1) is 0 Å². The molecular formula is C17H36N+. The van der Waals surface area contributed by atoms with Crippen LogP contribution in [0.4, 0.5) is 0 Å². The van der Waals surface area contributed by atoms with Gasteiger partial charge in [-0.05, 0) is 18.9 Å². The van der Waals surface area contributed by atoms with Gasteiger partial charge in [-0.15, -0.1) is 0 Å². The molecule has 0 aromatic heterocycles. The van der Waals surface area contributed by atoms with Gasteiger partial charge in [-0.3, -0.25) is 0 Å². The molecule has 0 aliphatic carbocycles. The maximum absolute atomic E-state index is 3.83. The Balaban J connectivity index is 3.18. The van der Waals surface area contributed by atoms with Crippen molar-refractivity contribution >= 4 is 0 Å². The summed E-state index contributed by atoms with van der Waals surface area (Å²) in [5.74, 6) is 0. The molecule has 0 saturated carbocycles. The van der Waals surface area contributed by atoms with Crippen molar-refractivity contribution in [1.82, 2.24) is 0 Å². The molecule has 0 atom stereocenters. The number of rotatable bonds is 13. The monoisotopic (exact) mass is 254 g/mol. The van der Waals surface area contributed by atoms with E-state index in [1.54, 1.807) is 0 Å². The first kappa shape index (κ1) is 17.7. The maximum Gasteiger partial charge on any atom is 0.0966 e. The van der Waals surface area contributed by atoms with Gasteiger partial charge in [-0.1, -0.05) is 64.9 Å². The van der Waals surface area contributed by atoms with Crippen LogP contribution in [0.15, 0.2) is 12.7 Å². The van der Waals surface area contributed by atoms with E-state index in [9.17, 15) is 0 Å². The van der Waals surface area contributed by atoms with E-state index in [0.29, 0.717) is 0 Å². The Bertz CT molecular complexity index is 184. The molecule has 0 N–H and O–H groups in total. The number of unbranched alkanes of at least 4 members (excludes halogenated alkanes) is 9. The lowest BCUT2D eigenvalue weighted by Crippen LogP contribution is -2.40. The third kappa shape index (κ3) is 12.2. The summed E-state index contributed by atoms with van der Waals surface area (Å²) in [6, 6.07) is 0. The predicted octanol–water partition coefficient (Wildman–Crippen LogP) is 5.17. The van der Waals surface area contributed by atoms with E-state index in [2.05, 4.69) is 27.6 Å². The molecule has 1 heteroatoms. The zero-order valence-corrected chi connectivity index (χ0v) is 13.2. The largest absolute Gasteiger partial charge is 0.325 e. The Labute approximate surface area is 116 Å². The van der Waals surface area contributed by atoms with Crippen molar-refractivity contribution in [3.63, 3.8) is 0 Å². The molecule has 0 amide bonds. The highest BCUT2D eigenvalue weighted by Crippen LogP contribution is 2.11. The molecule has 0 heterocycles. The van der Waals surface area contributed by atoms with Crippen molar-refractivity contribution in [3.8, 4) is 0 Å². The summed E-state index contributed by atoms with van der Waals surface area (Å²) in [7, 11) is 4.60. The highest BCUT2D eigenvalue weighted by atomic mass is 15.3. The molecule has 0 unspecified atom stereocenters. The van der Waals surface area contributed by atoms with E-state index in [-0.39, 0.29) is 0 Å². The summed E-state index contributed by atoms with van der Waals surface area (Å²) in [5, 5.41) is 0. The number of hydrogen-bond donors (Lipinski definition) is 0. The van der Waals surface area contributed by atoms with Crippen LogP contribution in [-0.2, 0) is 0 Å². The van der Waals surface area contributed by atoms with Crippen LogP contribution < -0.4 is 0 Å². The topological polar surface area (TPSA) is 0 Å². The average Bonchev–Trinajstić information content (AvgIpc) is 2.31. The van der Waals surface area contributed by atoms with Crippen molar-refractivity contribution in [2.75, 3.05) is 27.2 Å². The molecule has 0 saturated heterocycles. The van der Waals surface area contributed by atoms with Crippen molar-refractivity contribution in [1.29, 1.82) is 0 Å². The van der Waals surface area contributed by atoms with E-state index < -0.39 is 0 Å². The van der Waals surface area contributed by atoms with Crippen LogP contribution in [0.3, 0.4) is 0 Å². The second-order valence-electron chi connectivity index (χ2n) is 6.31. The van der Waals surface area contributed by atoms with Crippen molar-refractivity contribution in [2.45, 2.75) is 71.1 Å². The molecule has 0 bridgehead atoms. The summed E-state index contributed by atoms with van der Waals surface area (Å²) in [6.07, 6.45) is 16.3. The minimum atomic E-state index is 1.09. The number of quaternary nitrogens is 1. The fourth-order valence-electron chi connectivity index (χ4n) is 2.47. The Morgan fingerprint density at radius 2 is 1.22 bits per heavy atom. The van der Waals surface area contributed by atoms with Gasteiger partial charge in [-0.2, -0.15) is 0 Å². The summed E-state index contributed by atoms with van der Waals surface area (Å²) in [6.45, 7) is 8.50. The van der Waals surface area contributed by atoms with Crippen LogP contribution >= 0.6 is 0 Å². The first-order valence-electron chi connectivity index (χ1n) is 8.05. The summed E-state index contributed by atoms with van der Waals surface area (Å²) >= 11 is 0. The Hall–Kier alpha value is -0.300. The van der Waals surface area contributed by atoms with E-state index in [1.807, 2.05) is 6.08 Å². The van der Waals surface area contributed by atoms with Gasteiger partial charge >= 0.3 is 0 Å². The Morgan fingerprint density at radius 1 is 0.778 bits per heavy atom.